The lowest BCUT2D eigenvalue weighted by Crippen LogP contribution is -1.96. The molecule has 2 aromatic heterocycles. The van der Waals surface area contributed by atoms with Gasteiger partial charge in [-0.15, -0.1) is 0 Å². The molecule has 66 heavy (non-hydrogen) atoms. The Kier molecular flexibility index (Phi) is 8.85. The quantitative estimate of drug-likeness (QED) is 0.157. The molecule has 0 aliphatic heterocycles. The molecular weight excluding hydrogens is 799 g/mol. The maximum absolute atomic E-state index is 5.69. The third-order valence-electron chi connectivity index (χ3n) is 13.2. The van der Waals surface area contributed by atoms with Gasteiger partial charge in [0, 0.05) is 33.0 Å². The van der Waals surface area contributed by atoms with Crippen molar-refractivity contribution in [3.8, 4) is 67.4 Å². The zero-order valence-electron chi connectivity index (χ0n) is 35.9. The molecule has 0 saturated carbocycles. The standard InChI is InChI=1S/C63H39N3/c1-3-17-41(18-4-1)59-39-60(42-19-5-2-6-20-42)66-63(65-59)43-33-31-40(32-34-43)54-38-61(57-36-45-22-8-10-24-47(45)49-26-12-14-28-51(49)57)64-62-53-30-16-15-29-52(53)56(37-58(54)62)55-35-44-21-7-9-23-46(44)48-25-11-13-27-50(48)55/h1-39H. The van der Waals surface area contributed by atoms with Crippen molar-refractivity contribution in [2.75, 3.05) is 0 Å². The number of hydrogen-bond acceptors (Lipinski definition) is 3. The Labute approximate surface area is 382 Å². The van der Waals surface area contributed by atoms with Gasteiger partial charge in [-0.25, -0.2) is 15.0 Å². The van der Waals surface area contributed by atoms with Gasteiger partial charge in [0.05, 0.1) is 22.6 Å². The van der Waals surface area contributed by atoms with Gasteiger partial charge < -0.3 is 0 Å². The summed E-state index contributed by atoms with van der Waals surface area (Å²) in [5, 5.41) is 13.2. The molecule has 3 heteroatoms. The Bertz CT molecular complexity index is 3970. The van der Waals surface area contributed by atoms with Gasteiger partial charge in [0.1, 0.15) is 0 Å². The molecule has 0 amide bonds. The fraction of sp³-hybridized carbons (Fsp3) is 0. The summed E-state index contributed by atoms with van der Waals surface area (Å²) in [4.78, 5) is 16.0. The van der Waals surface area contributed by atoms with Crippen molar-refractivity contribution in [2.45, 2.75) is 0 Å². The molecule has 2 heterocycles. The fourth-order valence-electron chi connectivity index (χ4n) is 10.1. The molecule has 0 N–H and O–H groups in total. The molecule has 3 nitrogen and oxygen atoms in total. The van der Waals surface area contributed by atoms with Crippen molar-refractivity contribution in [3.05, 3.63) is 237 Å². The molecule has 0 saturated heterocycles. The minimum absolute atomic E-state index is 0.682. The number of pyridine rings is 1. The second-order valence-corrected chi connectivity index (χ2v) is 17.1. The predicted octanol–water partition coefficient (Wildman–Crippen LogP) is 16.8. The first kappa shape index (κ1) is 37.7. The molecule has 11 aromatic carbocycles. The number of rotatable bonds is 6. The molecule has 13 rings (SSSR count). The van der Waals surface area contributed by atoms with Crippen LogP contribution in [0.4, 0.5) is 0 Å². The largest absolute Gasteiger partial charge is 0.247 e. The van der Waals surface area contributed by atoms with Gasteiger partial charge >= 0.3 is 0 Å². The summed E-state index contributed by atoms with van der Waals surface area (Å²) < 4.78 is 0. The highest BCUT2D eigenvalue weighted by molar-refractivity contribution is 6.22. The summed E-state index contributed by atoms with van der Waals surface area (Å²) in [6.07, 6.45) is 0. The van der Waals surface area contributed by atoms with Crippen molar-refractivity contribution >= 4 is 64.8 Å². The minimum Gasteiger partial charge on any atom is -0.247 e. The van der Waals surface area contributed by atoms with Crippen LogP contribution in [0.5, 0.6) is 0 Å². The highest BCUT2D eigenvalue weighted by Gasteiger charge is 2.20. The highest BCUT2D eigenvalue weighted by atomic mass is 14.9. The second kappa shape index (κ2) is 15.5. The topological polar surface area (TPSA) is 38.7 Å². The van der Waals surface area contributed by atoms with Gasteiger partial charge in [-0.2, -0.15) is 0 Å². The summed E-state index contributed by atoms with van der Waals surface area (Å²) in [5.41, 5.74) is 12.4. The number of aromatic nitrogens is 3. The van der Waals surface area contributed by atoms with E-state index in [0.29, 0.717) is 5.82 Å². The third-order valence-corrected chi connectivity index (χ3v) is 13.2. The van der Waals surface area contributed by atoms with Crippen molar-refractivity contribution < 1.29 is 0 Å². The molecule has 0 aliphatic carbocycles. The predicted molar refractivity (Wildman–Crippen MR) is 277 cm³/mol. The highest BCUT2D eigenvalue weighted by Crippen LogP contribution is 2.45. The van der Waals surface area contributed by atoms with Crippen LogP contribution in [0.3, 0.4) is 0 Å². The van der Waals surface area contributed by atoms with Gasteiger partial charge in [-0.05, 0) is 101 Å². The van der Waals surface area contributed by atoms with Gasteiger partial charge in [-0.3, -0.25) is 0 Å². The van der Waals surface area contributed by atoms with E-state index in [1.165, 1.54) is 59.6 Å². The average molecular weight is 838 g/mol. The molecule has 0 aliphatic rings. The first-order valence-electron chi connectivity index (χ1n) is 22.5. The summed E-state index contributed by atoms with van der Waals surface area (Å²) in [5.74, 6) is 0.682. The Morgan fingerprint density at radius 3 is 1.21 bits per heavy atom. The summed E-state index contributed by atoms with van der Waals surface area (Å²) in [6, 6.07) is 84.7. The van der Waals surface area contributed by atoms with Crippen molar-refractivity contribution in [1.82, 2.24) is 15.0 Å². The summed E-state index contributed by atoms with van der Waals surface area (Å²) in [7, 11) is 0. The lowest BCUT2D eigenvalue weighted by Gasteiger charge is -2.18. The zero-order chi connectivity index (χ0) is 43.6. The van der Waals surface area contributed by atoms with Crippen LogP contribution in [0.15, 0.2) is 237 Å². The van der Waals surface area contributed by atoms with Crippen LogP contribution in [-0.4, -0.2) is 15.0 Å². The van der Waals surface area contributed by atoms with Crippen LogP contribution < -0.4 is 0 Å². The summed E-state index contributed by atoms with van der Waals surface area (Å²) in [6.45, 7) is 0. The zero-order valence-corrected chi connectivity index (χ0v) is 35.9. The van der Waals surface area contributed by atoms with E-state index >= 15 is 0 Å². The number of fused-ring (bicyclic) bond motifs is 9. The number of benzene rings is 11. The molecule has 0 fully saturated rings. The van der Waals surface area contributed by atoms with E-state index in [1.807, 2.05) is 12.1 Å². The van der Waals surface area contributed by atoms with E-state index in [-0.39, 0.29) is 0 Å². The molecule has 0 radical (unpaired) electrons. The van der Waals surface area contributed by atoms with Gasteiger partial charge in [0.2, 0.25) is 0 Å². The average Bonchev–Trinajstić information content (AvgIpc) is 3.40. The van der Waals surface area contributed by atoms with E-state index in [1.54, 1.807) is 0 Å². The lowest BCUT2D eigenvalue weighted by molar-refractivity contribution is 1.18. The van der Waals surface area contributed by atoms with Crippen LogP contribution >= 0.6 is 0 Å². The van der Waals surface area contributed by atoms with E-state index in [4.69, 9.17) is 15.0 Å². The van der Waals surface area contributed by atoms with Crippen LogP contribution in [0.25, 0.3) is 132 Å². The van der Waals surface area contributed by atoms with Gasteiger partial charge in [0.25, 0.3) is 0 Å². The Morgan fingerprint density at radius 2 is 0.636 bits per heavy atom. The molecule has 0 bridgehead atoms. The smallest absolute Gasteiger partial charge is 0.160 e. The Hall–Kier alpha value is -8.79. The number of hydrogen-bond donors (Lipinski definition) is 0. The van der Waals surface area contributed by atoms with E-state index in [0.717, 1.165) is 66.8 Å². The Morgan fingerprint density at radius 1 is 0.212 bits per heavy atom. The molecule has 0 unspecified atom stereocenters. The van der Waals surface area contributed by atoms with Crippen LogP contribution in [0.1, 0.15) is 0 Å². The SMILES string of the molecule is c1ccc(-c2cc(-c3ccccc3)nc(-c3ccc(-c4cc(-c5cc6ccccc6c6ccccc56)nc5c4cc(-c4cc6ccccc6c6ccccc46)c4ccccc45)cc3)n2)cc1. The van der Waals surface area contributed by atoms with E-state index in [9.17, 15) is 0 Å². The van der Waals surface area contributed by atoms with Crippen LogP contribution in [-0.2, 0) is 0 Å². The molecule has 0 spiro atoms. The van der Waals surface area contributed by atoms with E-state index in [2.05, 4.69) is 224 Å². The maximum atomic E-state index is 5.69. The van der Waals surface area contributed by atoms with Crippen molar-refractivity contribution in [1.29, 1.82) is 0 Å². The molecular formula is C63H39N3. The third kappa shape index (κ3) is 6.32. The first-order valence-corrected chi connectivity index (χ1v) is 22.5. The minimum atomic E-state index is 0.682. The van der Waals surface area contributed by atoms with Gasteiger partial charge in [0.15, 0.2) is 5.82 Å². The maximum Gasteiger partial charge on any atom is 0.160 e. The van der Waals surface area contributed by atoms with Crippen LogP contribution in [0.2, 0.25) is 0 Å². The van der Waals surface area contributed by atoms with Crippen molar-refractivity contribution in [3.63, 3.8) is 0 Å². The molecule has 306 valence electrons. The van der Waals surface area contributed by atoms with Gasteiger partial charge in [-0.1, -0.05) is 206 Å². The lowest BCUT2D eigenvalue weighted by atomic mass is 9.87. The fourth-order valence-corrected chi connectivity index (χ4v) is 10.1. The second-order valence-electron chi connectivity index (χ2n) is 17.1. The van der Waals surface area contributed by atoms with E-state index < -0.39 is 0 Å². The normalized spacial score (nSPS) is 11.6. The Balaban J connectivity index is 1.07. The summed E-state index contributed by atoms with van der Waals surface area (Å²) >= 11 is 0. The monoisotopic (exact) mass is 837 g/mol. The number of nitrogens with zero attached hydrogens (tertiary/aromatic N) is 3. The van der Waals surface area contributed by atoms with Crippen molar-refractivity contribution in [2.24, 2.45) is 0 Å². The van der Waals surface area contributed by atoms with Crippen LogP contribution in [0, 0.1) is 0 Å². The molecule has 0 atom stereocenters. The first-order chi connectivity index (χ1) is 32.7. The molecule has 13 aromatic rings.